The molecule has 1 aliphatic rings. The van der Waals surface area contributed by atoms with Crippen molar-refractivity contribution in [3.8, 4) is 28.5 Å². The molecule has 4 aromatic rings. The van der Waals surface area contributed by atoms with Crippen LogP contribution < -0.4 is 19.5 Å². The fourth-order valence-electron chi connectivity index (χ4n) is 4.63. The predicted octanol–water partition coefficient (Wildman–Crippen LogP) is 5.78. The van der Waals surface area contributed by atoms with Gasteiger partial charge in [-0.25, -0.2) is 4.98 Å². The second-order valence-corrected chi connectivity index (χ2v) is 10.7. The van der Waals surface area contributed by atoms with E-state index in [1.807, 2.05) is 73.8 Å². The first-order chi connectivity index (χ1) is 19.4. The fraction of sp³-hybridized carbons (Fsp3) is 0.258. The van der Waals surface area contributed by atoms with Crippen LogP contribution in [0.25, 0.3) is 11.3 Å². The number of benzene rings is 3. The first-order valence-electron chi connectivity index (χ1n) is 13.0. The molecule has 2 amide bonds. The van der Waals surface area contributed by atoms with Crippen LogP contribution in [0.5, 0.6) is 17.2 Å². The normalized spacial score (nSPS) is 12.7. The Hall–Kier alpha value is -4.37. The van der Waals surface area contributed by atoms with E-state index in [1.54, 1.807) is 30.2 Å². The van der Waals surface area contributed by atoms with E-state index in [2.05, 4.69) is 5.32 Å². The Kier molecular flexibility index (Phi) is 8.31. The van der Waals surface area contributed by atoms with Crippen LogP contribution in [0.3, 0.4) is 0 Å². The molecule has 40 heavy (non-hydrogen) atoms. The highest BCUT2D eigenvalue weighted by molar-refractivity contribution is 7.09. The number of amides is 2. The minimum Gasteiger partial charge on any atom is -0.497 e. The van der Waals surface area contributed by atoms with Crippen molar-refractivity contribution < 1.29 is 23.8 Å². The van der Waals surface area contributed by atoms with Gasteiger partial charge < -0.3 is 24.4 Å². The maximum Gasteiger partial charge on any atom is 0.247 e. The molecule has 0 spiro atoms. The summed E-state index contributed by atoms with van der Waals surface area (Å²) in [6.45, 7) is 4.24. The number of carbonyl (C=O) groups is 2. The van der Waals surface area contributed by atoms with Crippen LogP contribution in [0.2, 0.25) is 0 Å². The Balaban J connectivity index is 1.41. The van der Waals surface area contributed by atoms with Gasteiger partial charge >= 0.3 is 0 Å². The maximum absolute atomic E-state index is 13.8. The van der Waals surface area contributed by atoms with Gasteiger partial charge in [-0.1, -0.05) is 44.2 Å². The maximum atomic E-state index is 13.8. The Morgan fingerprint density at radius 1 is 1.02 bits per heavy atom. The topological polar surface area (TPSA) is 90.0 Å². The molecule has 1 unspecified atom stereocenters. The monoisotopic (exact) mass is 557 g/mol. The molecule has 0 bridgehead atoms. The zero-order valence-electron chi connectivity index (χ0n) is 22.6. The van der Waals surface area contributed by atoms with Crippen LogP contribution in [0, 0.1) is 5.92 Å². The van der Waals surface area contributed by atoms with Crippen molar-refractivity contribution in [2.75, 3.05) is 19.2 Å². The molecule has 0 radical (unpaired) electrons. The largest absolute Gasteiger partial charge is 0.497 e. The van der Waals surface area contributed by atoms with E-state index in [0.717, 1.165) is 27.6 Å². The first-order valence-corrected chi connectivity index (χ1v) is 13.9. The van der Waals surface area contributed by atoms with Crippen LogP contribution in [-0.4, -0.2) is 41.6 Å². The number of nitrogens with one attached hydrogen (secondary N) is 1. The number of aromatic nitrogens is 1. The molecule has 1 atom stereocenters. The minimum absolute atomic E-state index is 0.146. The van der Waals surface area contributed by atoms with Gasteiger partial charge in [0.2, 0.25) is 18.6 Å². The predicted molar refractivity (Wildman–Crippen MR) is 155 cm³/mol. The molecule has 0 aliphatic carbocycles. The van der Waals surface area contributed by atoms with E-state index >= 15 is 0 Å². The van der Waals surface area contributed by atoms with Crippen molar-refractivity contribution in [1.29, 1.82) is 0 Å². The standard InChI is InChI=1S/C31H31N3O5S/c1-20(2)30(31(36)32-23-11-14-26-27(16-23)39-19-38-26)34(29(35)15-21-7-5-4-6-8-21)17-28-33-25(18-40-28)22-9-12-24(37-3)13-10-22/h4-14,16,18,20,30H,15,17,19H2,1-3H3,(H,32,36). The van der Waals surface area contributed by atoms with Gasteiger partial charge in [0.15, 0.2) is 11.5 Å². The van der Waals surface area contributed by atoms with E-state index in [1.165, 1.54) is 11.3 Å². The number of hydrogen-bond donors (Lipinski definition) is 1. The van der Waals surface area contributed by atoms with E-state index in [-0.39, 0.29) is 37.5 Å². The molecule has 206 valence electrons. The second-order valence-electron chi connectivity index (χ2n) is 9.79. The Bertz CT molecular complexity index is 1470. The average molecular weight is 558 g/mol. The molecule has 9 heteroatoms. The van der Waals surface area contributed by atoms with Gasteiger partial charge in [0.25, 0.3) is 0 Å². The molecular formula is C31H31N3O5S. The van der Waals surface area contributed by atoms with Crippen LogP contribution in [0.4, 0.5) is 5.69 Å². The smallest absolute Gasteiger partial charge is 0.247 e. The molecule has 1 aromatic heterocycles. The zero-order valence-corrected chi connectivity index (χ0v) is 23.4. The lowest BCUT2D eigenvalue weighted by Gasteiger charge is -2.33. The van der Waals surface area contributed by atoms with Gasteiger partial charge in [-0.05, 0) is 47.9 Å². The Morgan fingerprint density at radius 3 is 2.50 bits per heavy atom. The molecule has 8 nitrogen and oxygen atoms in total. The quantitative estimate of drug-likeness (QED) is 0.266. The van der Waals surface area contributed by atoms with Gasteiger partial charge in [0, 0.05) is 22.7 Å². The zero-order chi connectivity index (χ0) is 28.1. The van der Waals surface area contributed by atoms with Crippen LogP contribution in [0.1, 0.15) is 24.4 Å². The summed E-state index contributed by atoms with van der Waals surface area (Å²) in [7, 11) is 1.63. The first kappa shape index (κ1) is 27.2. The van der Waals surface area contributed by atoms with Crippen LogP contribution >= 0.6 is 11.3 Å². The van der Waals surface area contributed by atoms with Crippen molar-refractivity contribution in [3.63, 3.8) is 0 Å². The summed E-state index contributed by atoms with van der Waals surface area (Å²) in [5, 5.41) is 5.69. The van der Waals surface area contributed by atoms with E-state index in [0.29, 0.717) is 17.2 Å². The average Bonchev–Trinajstić information content (AvgIpc) is 3.62. The summed E-state index contributed by atoms with van der Waals surface area (Å²) in [5.74, 6) is 1.40. The molecule has 1 aliphatic heterocycles. The number of anilines is 1. The molecule has 2 heterocycles. The van der Waals surface area contributed by atoms with Crippen LogP contribution in [-0.2, 0) is 22.6 Å². The van der Waals surface area contributed by atoms with Crippen molar-refractivity contribution in [2.45, 2.75) is 32.9 Å². The molecule has 1 N–H and O–H groups in total. The highest BCUT2D eigenvalue weighted by atomic mass is 32.1. The molecule has 0 fully saturated rings. The van der Waals surface area contributed by atoms with Gasteiger partial charge in [-0.2, -0.15) is 0 Å². The van der Waals surface area contributed by atoms with E-state index in [9.17, 15) is 9.59 Å². The van der Waals surface area contributed by atoms with Gasteiger partial charge in [-0.15, -0.1) is 11.3 Å². The second kappa shape index (κ2) is 12.2. The highest BCUT2D eigenvalue weighted by Crippen LogP contribution is 2.34. The summed E-state index contributed by atoms with van der Waals surface area (Å²) >= 11 is 1.47. The summed E-state index contributed by atoms with van der Waals surface area (Å²) in [6, 6.07) is 21.8. The lowest BCUT2D eigenvalue weighted by molar-refractivity contribution is -0.140. The minimum atomic E-state index is -0.727. The molecule has 0 saturated carbocycles. The van der Waals surface area contributed by atoms with Crippen LogP contribution in [0.15, 0.2) is 78.2 Å². The highest BCUT2D eigenvalue weighted by Gasteiger charge is 2.33. The van der Waals surface area contributed by atoms with E-state index < -0.39 is 6.04 Å². The lowest BCUT2D eigenvalue weighted by Crippen LogP contribution is -2.50. The number of fused-ring (bicyclic) bond motifs is 1. The molecular weight excluding hydrogens is 526 g/mol. The third kappa shape index (κ3) is 6.26. The summed E-state index contributed by atoms with van der Waals surface area (Å²) in [6.07, 6.45) is 0.179. The third-order valence-electron chi connectivity index (χ3n) is 6.64. The van der Waals surface area contributed by atoms with Crippen molar-refractivity contribution >= 4 is 28.8 Å². The summed E-state index contributed by atoms with van der Waals surface area (Å²) in [5.41, 5.74) is 3.22. The SMILES string of the molecule is COc1ccc(-c2csc(CN(C(=O)Cc3ccccc3)C(C(=O)Nc3ccc4c(c3)OCO4)C(C)C)n2)cc1. The van der Waals surface area contributed by atoms with Crippen molar-refractivity contribution in [2.24, 2.45) is 5.92 Å². The number of thiazole rings is 1. The number of methoxy groups -OCH3 is 1. The van der Waals surface area contributed by atoms with Gasteiger partial charge in [-0.3, -0.25) is 9.59 Å². The fourth-order valence-corrected chi connectivity index (χ4v) is 5.43. The van der Waals surface area contributed by atoms with Gasteiger partial charge in [0.1, 0.15) is 16.8 Å². The summed E-state index contributed by atoms with van der Waals surface area (Å²) < 4.78 is 16.1. The number of hydrogen-bond acceptors (Lipinski definition) is 7. The summed E-state index contributed by atoms with van der Waals surface area (Å²) in [4.78, 5) is 34.0. The van der Waals surface area contributed by atoms with Crippen molar-refractivity contribution in [3.05, 3.63) is 88.7 Å². The van der Waals surface area contributed by atoms with Crippen molar-refractivity contribution in [1.82, 2.24) is 9.88 Å². The Labute approximate surface area is 237 Å². The molecule has 3 aromatic carbocycles. The number of ether oxygens (including phenoxy) is 3. The Morgan fingerprint density at radius 2 is 1.77 bits per heavy atom. The third-order valence-corrected chi connectivity index (χ3v) is 7.47. The number of carbonyl (C=O) groups excluding carboxylic acids is 2. The lowest BCUT2D eigenvalue weighted by atomic mass is 10.00. The number of rotatable bonds is 10. The number of nitrogens with zero attached hydrogens (tertiary/aromatic N) is 2. The van der Waals surface area contributed by atoms with E-state index in [4.69, 9.17) is 19.2 Å². The van der Waals surface area contributed by atoms with Gasteiger partial charge in [0.05, 0.1) is 25.8 Å². The molecule has 5 rings (SSSR count). The molecule has 0 saturated heterocycles.